The highest BCUT2D eigenvalue weighted by atomic mass is 16.6. The van der Waals surface area contributed by atoms with Crippen molar-refractivity contribution in [3.05, 3.63) is 70.8 Å². The number of Topliss-reactive ketones (excluding diaryl/α,β-unsaturated/α-hetero) is 2. The number of aliphatic hydroxyl groups excluding tert-OH is 2. The van der Waals surface area contributed by atoms with Crippen LogP contribution in [0.1, 0.15) is 31.8 Å². The van der Waals surface area contributed by atoms with Crippen LogP contribution in [-0.2, 0) is 19.1 Å². The summed E-state index contributed by atoms with van der Waals surface area (Å²) in [5.74, 6) is -5.35. The molecule has 2 N–H and O–H groups in total. The normalized spacial score (nSPS) is 12.6. The molecular formula is C20H18O8. The number of aliphatic hydroxyl groups is 2. The molecule has 0 spiro atoms. The van der Waals surface area contributed by atoms with Gasteiger partial charge in [0.15, 0.2) is 0 Å². The average Bonchev–Trinajstić information content (AvgIpc) is 2.67. The van der Waals surface area contributed by atoms with Gasteiger partial charge in [-0.15, -0.1) is 0 Å². The van der Waals surface area contributed by atoms with Crippen LogP contribution in [0.2, 0.25) is 0 Å². The van der Waals surface area contributed by atoms with Crippen LogP contribution >= 0.6 is 0 Å². The Hall–Kier alpha value is -3.36. The smallest absolute Gasteiger partial charge is 0.340 e. The highest BCUT2D eigenvalue weighted by Crippen LogP contribution is 2.09. The molecule has 0 aromatic heterocycles. The zero-order valence-corrected chi connectivity index (χ0v) is 15.1. The van der Waals surface area contributed by atoms with Crippen molar-refractivity contribution in [1.82, 2.24) is 0 Å². The summed E-state index contributed by atoms with van der Waals surface area (Å²) in [5, 5.41) is 19.3. The molecule has 2 rings (SSSR count). The van der Waals surface area contributed by atoms with Crippen molar-refractivity contribution in [3.8, 4) is 0 Å². The molecular weight excluding hydrogens is 368 g/mol. The van der Waals surface area contributed by atoms with Crippen molar-refractivity contribution in [2.24, 2.45) is 0 Å². The lowest BCUT2D eigenvalue weighted by Gasteiger charge is -2.14. The van der Waals surface area contributed by atoms with Gasteiger partial charge in [-0.25, -0.2) is 9.59 Å². The van der Waals surface area contributed by atoms with Crippen molar-refractivity contribution < 1.29 is 38.9 Å². The van der Waals surface area contributed by atoms with Crippen LogP contribution < -0.4 is 0 Å². The summed E-state index contributed by atoms with van der Waals surface area (Å²) >= 11 is 0. The second kappa shape index (κ2) is 9.03. The summed E-state index contributed by atoms with van der Waals surface area (Å²) in [6, 6.07) is 12.1. The average molecular weight is 386 g/mol. The molecule has 0 aliphatic rings. The SMILES string of the molecule is Cc1ccc(C(=O)OC(O)C(=O)C(=O)C(O)OC(=O)c2ccc(C)cc2)cc1. The molecule has 0 saturated heterocycles. The van der Waals surface area contributed by atoms with E-state index in [0.717, 1.165) is 11.1 Å². The number of benzene rings is 2. The molecule has 0 aliphatic heterocycles. The Kier molecular flexibility index (Phi) is 6.75. The lowest BCUT2D eigenvalue weighted by Crippen LogP contribution is -2.40. The summed E-state index contributed by atoms with van der Waals surface area (Å²) in [6.45, 7) is 3.59. The summed E-state index contributed by atoms with van der Waals surface area (Å²) in [4.78, 5) is 47.4. The number of ketones is 2. The summed E-state index contributed by atoms with van der Waals surface area (Å²) < 4.78 is 9.01. The molecule has 2 unspecified atom stereocenters. The van der Waals surface area contributed by atoms with Crippen LogP contribution in [-0.4, -0.2) is 46.3 Å². The van der Waals surface area contributed by atoms with Gasteiger partial charge in [-0.05, 0) is 38.1 Å². The zero-order valence-electron chi connectivity index (χ0n) is 15.1. The van der Waals surface area contributed by atoms with Crippen LogP contribution in [0.3, 0.4) is 0 Å². The number of esters is 2. The summed E-state index contributed by atoms with van der Waals surface area (Å²) in [7, 11) is 0. The predicted octanol–water partition coefficient (Wildman–Crippen LogP) is 1.09. The van der Waals surface area contributed by atoms with Crippen molar-refractivity contribution in [3.63, 3.8) is 0 Å². The van der Waals surface area contributed by atoms with Gasteiger partial charge in [-0.2, -0.15) is 0 Å². The number of carbonyl (C=O) groups is 4. The Morgan fingerprint density at radius 3 is 1.21 bits per heavy atom. The second-order valence-corrected chi connectivity index (χ2v) is 5.98. The maximum atomic E-state index is 11.9. The van der Waals surface area contributed by atoms with E-state index in [1.165, 1.54) is 24.3 Å². The number of hydrogen-bond donors (Lipinski definition) is 2. The molecule has 0 saturated carbocycles. The third-order valence-corrected chi connectivity index (χ3v) is 3.70. The molecule has 0 radical (unpaired) electrons. The van der Waals surface area contributed by atoms with E-state index in [0.29, 0.717) is 0 Å². The minimum Gasteiger partial charge on any atom is -0.424 e. The molecule has 0 aliphatic carbocycles. The van der Waals surface area contributed by atoms with Crippen LogP contribution in [0, 0.1) is 13.8 Å². The largest absolute Gasteiger partial charge is 0.424 e. The van der Waals surface area contributed by atoms with E-state index < -0.39 is 36.1 Å². The van der Waals surface area contributed by atoms with Crippen molar-refractivity contribution in [2.75, 3.05) is 0 Å². The lowest BCUT2D eigenvalue weighted by molar-refractivity contribution is -0.166. The van der Waals surface area contributed by atoms with E-state index in [2.05, 4.69) is 9.47 Å². The van der Waals surface area contributed by atoms with E-state index in [-0.39, 0.29) is 11.1 Å². The molecule has 2 aromatic carbocycles. The third-order valence-electron chi connectivity index (χ3n) is 3.70. The predicted molar refractivity (Wildman–Crippen MR) is 95.2 cm³/mol. The quantitative estimate of drug-likeness (QED) is 0.411. The van der Waals surface area contributed by atoms with Crippen LogP contribution in [0.5, 0.6) is 0 Å². The molecule has 8 heteroatoms. The van der Waals surface area contributed by atoms with Crippen molar-refractivity contribution >= 4 is 23.5 Å². The standard InChI is InChI=1S/C20H18O8/c1-11-3-7-13(8-4-11)17(23)27-19(25)15(21)16(22)20(26)28-18(24)14-9-5-12(2)6-10-14/h3-10,19-20,25-26H,1-2H3. The zero-order chi connectivity index (χ0) is 20.8. The molecule has 146 valence electrons. The van der Waals surface area contributed by atoms with Crippen LogP contribution in [0.25, 0.3) is 0 Å². The van der Waals surface area contributed by atoms with Crippen LogP contribution in [0.4, 0.5) is 0 Å². The lowest BCUT2D eigenvalue weighted by atomic mass is 10.1. The third kappa shape index (κ3) is 5.32. The molecule has 0 bridgehead atoms. The van der Waals surface area contributed by atoms with E-state index in [1.807, 2.05) is 0 Å². The summed E-state index contributed by atoms with van der Waals surface area (Å²) in [6.07, 6.45) is -4.90. The first kappa shape index (κ1) is 20.9. The Labute approximate surface area is 160 Å². The second-order valence-electron chi connectivity index (χ2n) is 5.98. The Morgan fingerprint density at radius 1 is 0.643 bits per heavy atom. The Balaban J connectivity index is 1.95. The number of aryl methyl sites for hydroxylation is 2. The minimum atomic E-state index is -2.45. The van der Waals surface area contributed by atoms with Gasteiger partial charge in [0.2, 0.25) is 0 Å². The van der Waals surface area contributed by atoms with Gasteiger partial charge in [0.25, 0.3) is 24.1 Å². The van der Waals surface area contributed by atoms with E-state index >= 15 is 0 Å². The molecule has 2 atom stereocenters. The molecule has 0 amide bonds. The monoisotopic (exact) mass is 386 g/mol. The van der Waals surface area contributed by atoms with Crippen molar-refractivity contribution in [1.29, 1.82) is 0 Å². The van der Waals surface area contributed by atoms with E-state index in [9.17, 15) is 29.4 Å². The van der Waals surface area contributed by atoms with Crippen molar-refractivity contribution in [2.45, 2.75) is 26.4 Å². The number of ether oxygens (including phenoxy) is 2. The first-order valence-electron chi connectivity index (χ1n) is 8.18. The van der Waals surface area contributed by atoms with Gasteiger partial charge in [-0.1, -0.05) is 35.4 Å². The summed E-state index contributed by atoms with van der Waals surface area (Å²) in [5.41, 5.74) is 1.86. The molecule has 0 heterocycles. The van der Waals surface area contributed by atoms with Gasteiger partial charge in [0, 0.05) is 0 Å². The van der Waals surface area contributed by atoms with E-state index in [1.54, 1.807) is 38.1 Å². The highest BCUT2D eigenvalue weighted by Gasteiger charge is 2.34. The number of carbonyl (C=O) groups excluding carboxylic acids is 4. The Bertz CT molecular complexity index is 808. The fraction of sp³-hybridized carbons (Fsp3) is 0.200. The molecule has 8 nitrogen and oxygen atoms in total. The fourth-order valence-corrected chi connectivity index (χ4v) is 2.07. The highest BCUT2D eigenvalue weighted by molar-refractivity contribution is 6.40. The first-order valence-corrected chi connectivity index (χ1v) is 8.18. The van der Waals surface area contributed by atoms with Gasteiger partial charge >= 0.3 is 11.9 Å². The van der Waals surface area contributed by atoms with Gasteiger partial charge in [-0.3, -0.25) is 9.59 Å². The van der Waals surface area contributed by atoms with Gasteiger partial charge in [0.05, 0.1) is 11.1 Å². The van der Waals surface area contributed by atoms with Gasteiger partial charge in [0.1, 0.15) is 0 Å². The maximum Gasteiger partial charge on any atom is 0.340 e. The molecule has 0 fully saturated rings. The topological polar surface area (TPSA) is 127 Å². The minimum absolute atomic E-state index is 0.0521. The molecule has 28 heavy (non-hydrogen) atoms. The first-order chi connectivity index (χ1) is 13.2. The van der Waals surface area contributed by atoms with E-state index in [4.69, 9.17) is 0 Å². The maximum absolute atomic E-state index is 11.9. The van der Waals surface area contributed by atoms with Crippen LogP contribution in [0.15, 0.2) is 48.5 Å². The fourth-order valence-electron chi connectivity index (χ4n) is 2.07. The molecule has 2 aromatic rings. The Morgan fingerprint density at radius 2 is 0.929 bits per heavy atom. The van der Waals surface area contributed by atoms with Gasteiger partial charge < -0.3 is 19.7 Å². The number of hydrogen-bond acceptors (Lipinski definition) is 8. The number of rotatable bonds is 7.